The van der Waals surface area contributed by atoms with Crippen molar-refractivity contribution in [2.75, 3.05) is 0 Å². The first-order valence-electron chi connectivity index (χ1n) is 7.47. The zero-order valence-electron chi connectivity index (χ0n) is 12.5. The topological polar surface area (TPSA) is 57.8 Å². The Balaban J connectivity index is 1.56. The molecule has 2 N–H and O–H groups in total. The largest absolute Gasteiger partial charge is 0.349 e. The molecular weight excluding hydrogens is 274 g/mol. The molecule has 0 radical (unpaired) electrons. The van der Waals surface area contributed by atoms with Gasteiger partial charge in [0.05, 0.1) is 17.6 Å². The molecule has 0 aliphatic carbocycles. The molecule has 4 heteroatoms. The van der Waals surface area contributed by atoms with E-state index in [0.717, 1.165) is 16.9 Å². The molecule has 0 aliphatic rings. The summed E-state index contributed by atoms with van der Waals surface area (Å²) in [6.45, 7) is 2.49. The van der Waals surface area contributed by atoms with Crippen LogP contribution in [0.2, 0.25) is 0 Å². The molecule has 3 aromatic rings. The van der Waals surface area contributed by atoms with Crippen LogP contribution in [0.5, 0.6) is 0 Å². The molecule has 3 rings (SSSR count). The molecule has 1 atom stereocenters. The van der Waals surface area contributed by atoms with Crippen molar-refractivity contribution < 1.29 is 4.79 Å². The molecular formula is C18H19N3O. The van der Waals surface area contributed by atoms with Gasteiger partial charge in [-0.05, 0) is 23.6 Å². The van der Waals surface area contributed by atoms with E-state index in [1.54, 1.807) is 0 Å². The number of fused-ring (bicyclic) bond motifs is 1. The van der Waals surface area contributed by atoms with Gasteiger partial charge in [-0.15, -0.1) is 0 Å². The van der Waals surface area contributed by atoms with Crippen molar-refractivity contribution in [1.29, 1.82) is 0 Å². The second-order valence-corrected chi connectivity index (χ2v) is 5.49. The fourth-order valence-corrected chi connectivity index (χ4v) is 2.52. The van der Waals surface area contributed by atoms with E-state index in [2.05, 4.69) is 34.3 Å². The number of nitrogens with one attached hydrogen (secondary N) is 2. The van der Waals surface area contributed by atoms with Crippen molar-refractivity contribution in [2.24, 2.45) is 0 Å². The Morgan fingerprint density at radius 1 is 1.14 bits per heavy atom. The van der Waals surface area contributed by atoms with Gasteiger partial charge in [0.2, 0.25) is 5.91 Å². The third-order valence-corrected chi connectivity index (χ3v) is 3.75. The van der Waals surface area contributed by atoms with E-state index in [1.165, 1.54) is 5.56 Å². The van der Waals surface area contributed by atoms with Gasteiger partial charge < -0.3 is 10.3 Å². The maximum absolute atomic E-state index is 12.1. The summed E-state index contributed by atoms with van der Waals surface area (Å²) < 4.78 is 0. The molecule has 112 valence electrons. The molecule has 1 heterocycles. The van der Waals surface area contributed by atoms with Crippen LogP contribution in [0.25, 0.3) is 11.0 Å². The summed E-state index contributed by atoms with van der Waals surface area (Å²) in [7, 11) is 0. The number of carbonyl (C=O) groups excluding carboxylic acids is 1. The number of amides is 1. The molecule has 0 bridgehead atoms. The van der Waals surface area contributed by atoms with Crippen LogP contribution in [0.4, 0.5) is 0 Å². The first kappa shape index (κ1) is 14.3. The van der Waals surface area contributed by atoms with Crippen LogP contribution in [-0.2, 0) is 11.3 Å². The lowest BCUT2D eigenvalue weighted by molar-refractivity contribution is -0.121. The summed E-state index contributed by atoms with van der Waals surface area (Å²) in [4.78, 5) is 19.7. The minimum absolute atomic E-state index is 0.0387. The highest BCUT2D eigenvalue weighted by Gasteiger charge is 2.11. The number of nitrogens with zero attached hydrogens (tertiary/aromatic N) is 1. The van der Waals surface area contributed by atoms with E-state index in [1.807, 2.05) is 42.5 Å². The fraction of sp³-hybridized carbons (Fsp3) is 0.222. The highest BCUT2D eigenvalue weighted by molar-refractivity contribution is 5.77. The standard InChI is InChI=1S/C18H19N3O/c1-13(14-7-3-2-4-8-14)11-18(22)19-12-17-20-15-9-5-6-10-16(15)21-17/h2-10,13H,11-12H2,1H3,(H,19,22)(H,20,21). The van der Waals surface area contributed by atoms with Crippen molar-refractivity contribution in [3.8, 4) is 0 Å². The van der Waals surface area contributed by atoms with Crippen LogP contribution in [0.15, 0.2) is 54.6 Å². The molecule has 4 nitrogen and oxygen atoms in total. The Labute approximate surface area is 129 Å². The van der Waals surface area contributed by atoms with Crippen LogP contribution in [0.3, 0.4) is 0 Å². The summed E-state index contributed by atoms with van der Waals surface area (Å²) in [6, 6.07) is 17.9. The Hall–Kier alpha value is -2.62. The number of para-hydroxylation sites is 2. The van der Waals surface area contributed by atoms with Gasteiger partial charge in [-0.25, -0.2) is 4.98 Å². The Morgan fingerprint density at radius 2 is 1.86 bits per heavy atom. The van der Waals surface area contributed by atoms with E-state index in [9.17, 15) is 4.79 Å². The number of hydrogen-bond donors (Lipinski definition) is 2. The number of carbonyl (C=O) groups is 1. The molecule has 0 fully saturated rings. The SMILES string of the molecule is CC(CC(=O)NCc1nc2ccccc2[nH]1)c1ccccc1. The predicted molar refractivity (Wildman–Crippen MR) is 87.4 cm³/mol. The maximum Gasteiger partial charge on any atom is 0.220 e. The molecule has 1 aromatic heterocycles. The third kappa shape index (κ3) is 3.34. The summed E-state index contributed by atoms with van der Waals surface area (Å²) in [5, 5.41) is 2.93. The first-order chi connectivity index (χ1) is 10.7. The van der Waals surface area contributed by atoms with E-state index in [4.69, 9.17) is 0 Å². The van der Waals surface area contributed by atoms with Gasteiger partial charge >= 0.3 is 0 Å². The van der Waals surface area contributed by atoms with Gasteiger partial charge in [-0.1, -0.05) is 49.4 Å². The average molecular weight is 293 g/mol. The molecule has 1 unspecified atom stereocenters. The van der Waals surface area contributed by atoms with Crippen molar-refractivity contribution in [3.63, 3.8) is 0 Å². The summed E-state index contributed by atoms with van der Waals surface area (Å²) >= 11 is 0. The highest BCUT2D eigenvalue weighted by atomic mass is 16.1. The van der Waals surface area contributed by atoms with Gasteiger partial charge in [-0.3, -0.25) is 4.79 Å². The Morgan fingerprint density at radius 3 is 2.64 bits per heavy atom. The van der Waals surface area contributed by atoms with Gasteiger partial charge in [0.15, 0.2) is 0 Å². The Bertz CT molecular complexity index is 731. The third-order valence-electron chi connectivity index (χ3n) is 3.75. The number of imidazole rings is 1. The lowest BCUT2D eigenvalue weighted by Crippen LogP contribution is -2.24. The summed E-state index contributed by atoms with van der Waals surface area (Å²) in [5.41, 5.74) is 3.09. The van der Waals surface area contributed by atoms with Crippen molar-refractivity contribution in [1.82, 2.24) is 15.3 Å². The number of aromatic amines is 1. The highest BCUT2D eigenvalue weighted by Crippen LogP contribution is 2.18. The number of benzene rings is 2. The number of rotatable bonds is 5. The average Bonchev–Trinajstić information content (AvgIpc) is 2.96. The summed E-state index contributed by atoms with van der Waals surface area (Å²) in [6.07, 6.45) is 0.476. The van der Waals surface area contributed by atoms with Crippen LogP contribution >= 0.6 is 0 Å². The van der Waals surface area contributed by atoms with Crippen LogP contribution < -0.4 is 5.32 Å². The molecule has 1 amide bonds. The molecule has 0 spiro atoms. The van der Waals surface area contributed by atoms with Crippen LogP contribution in [0, 0.1) is 0 Å². The minimum atomic E-state index is 0.0387. The Kier molecular flexibility index (Phi) is 4.19. The second-order valence-electron chi connectivity index (χ2n) is 5.49. The molecule has 22 heavy (non-hydrogen) atoms. The van der Waals surface area contributed by atoms with Crippen molar-refractivity contribution in [2.45, 2.75) is 25.8 Å². The molecule has 2 aromatic carbocycles. The van der Waals surface area contributed by atoms with E-state index >= 15 is 0 Å². The zero-order chi connectivity index (χ0) is 15.4. The monoisotopic (exact) mass is 293 g/mol. The second kappa shape index (κ2) is 6.43. The lowest BCUT2D eigenvalue weighted by atomic mass is 9.98. The van der Waals surface area contributed by atoms with E-state index in [0.29, 0.717) is 13.0 Å². The number of aromatic nitrogens is 2. The summed E-state index contributed by atoms with van der Waals surface area (Å²) in [5.74, 6) is 1.02. The van der Waals surface area contributed by atoms with Crippen LogP contribution in [-0.4, -0.2) is 15.9 Å². The van der Waals surface area contributed by atoms with E-state index < -0.39 is 0 Å². The van der Waals surface area contributed by atoms with Crippen LogP contribution in [0.1, 0.15) is 30.7 Å². The number of hydrogen-bond acceptors (Lipinski definition) is 2. The van der Waals surface area contributed by atoms with Gasteiger partial charge in [0.1, 0.15) is 5.82 Å². The minimum Gasteiger partial charge on any atom is -0.349 e. The molecule has 0 aliphatic heterocycles. The van der Waals surface area contributed by atoms with Gasteiger partial charge in [-0.2, -0.15) is 0 Å². The zero-order valence-corrected chi connectivity index (χ0v) is 12.5. The normalized spacial score (nSPS) is 12.2. The first-order valence-corrected chi connectivity index (χ1v) is 7.47. The molecule has 0 saturated heterocycles. The smallest absolute Gasteiger partial charge is 0.220 e. The maximum atomic E-state index is 12.1. The quantitative estimate of drug-likeness (QED) is 0.757. The van der Waals surface area contributed by atoms with E-state index in [-0.39, 0.29) is 11.8 Å². The van der Waals surface area contributed by atoms with Crippen molar-refractivity contribution in [3.05, 3.63) is 66.0 Å². The fourth-order valence-electron chi connectivity index (χ4n) is 2.52. The van der Waals surface area contributed by atoms with Gasteiger partial charge in [0, 0.05) is 6.42 Å². The predicted octanol–water partition coefficient (Wildman–Crippen LogP) is 3.37. The van der Waals surface area contributed by atoms with Crippen molar-refractivity contribution >= 4 is 16.9 Å². The van der Waals surface area contributed by atoms with Gasteiger partial charge in [0.25, 0.3) is 0 Å². The molecule has 0 saturated carbocycles. The lowest BCUT2D eigenvalue weighted by Gasteiger charge is -2.11. The number of H-pyrrole nitrogens is 1.